The van der Waals surface area contributed by atoms with Gasteiger partial charge in [-0.2, -0.15) is 0 Å². The summed E-state index contributed by atoms with van der Waals surface area (Å²) in [7, 11) is 1.22. The fraction of sp³-hybridized carbons (Fsp3) is 0.444. The summed E-state index contributed by atoms with van der Waals surface area (Å²) >= 11 is 0. The van der Waals surface area contributed by atoms with Gasteiger partial charge in [0.2, 0.25) is 0 Å². The fourth-order valence-corrected chi connectivity index (χ4v) is 0.432. The molecule has 0 aliphatic carbocycles. The smallest absolute Gasteiger partial charge is 0.437 e. The van der Waals surface area contributed by atoms with E-state index in [1.807, 2.05) is 13.8 Å². The number of methoxy groups -OCH3 is 1. The van der Waals surface area contributed by atoms with Gasteiger partial charge in [-0.3, -0.25) is 0 Å². The van der Waals surface area contributed by atoms with Gasteiger partial charge in [0.15, 0.2) is 0 Å². The summed E-state index contributed by atoms with van der Waals surface area (Å²) < 4.78 is 8.71. The molecule has 4 nitrogen and oxygen atoms in total. The number of allylic oxidation sites excluding steroid dienone is 2. The number of carbonyl (C=O) groups excluding carboxylic acids is 1. The highest BCUT2D eigenvalue weighted by Crippen LogP contribution is 1.99. The third-order valence-electron chi connectivity index (χ3n) is 0.770. The van der Waals surface area contributed by atoms with E-state index in [1.165, 1.54) is 13.2 Å². The van der Waals surface area contributed by atoms with Gasteiger partial charge in [-0.15, -0.1) is 0 Å². The van der Waals surface area contributed by atoms with Crippen LogP contribution in [0.25, 0.3) is 0 Å². The van der Waals surface area contributed by atoms with E-state index < -0.39 is 6.16 Å². The summed E-state index contributed by atoms with van der Waals surface area (Å²) in [6.07, 6.45) is 0.629. The SMILES string of the molecule is C=C(/C=C(\C)N)OC(=O)OC.CC. The molecule has 13 heavy (non-hydrogen) atoms. The Morgan fingerprint density at radius 2 is 1.92 bits per heavy atom. The quantitative estimate of drug-likeness (QED) is 0.409. The minimum Gasteiger partial charge on any atom is -0.437 e. The van der Waals surface area contributed by atoms with Gasteiger partial charge in [-0.25, -0.2) is 4.79 Å². The average molecular weight is 187 g/mol. The molecule has 0 radical (unpaired) electrons. The molecule has 0 spiro atoms. The Labute approximate surface area is 79.0 Å². The predicted octanol–water partition coefficient (Wildman–Crippen LogP) is 2.17. The van der Waals surface area contributed by atoms with Crippen LogP contribution in [0.4, 0.5) is 4.79 Å². The molecule has 0 unspecified atom stereocenters. The van der Waals surface area contributed by atoms with Gasteiger partial charge < -0.3 is 15.2 Å². The first-order chi connectivity index (χ1) is 6.06. The molecular weight excluding hydrogens is 170 g/mol. The molecule has 0 aliphatic heterocycles. The lowest BCUT2D eigenvalue weighted by Crippen LogP contribution is -2.03. The van der Waals surface area contributed by atoms with Crippen molar-refractivity contribution in [3.05, 3.63) is 24.1 Å². The van der Waals surface area contributed by atoms with E-state index in [9.17, 15) is 4.79 Å². The molecule has 0 aromatic carbocycles. The number of hydrogen-bond donors (Lipinski definition) is 1. The van der Waals surface area contributed by atoms with Crippen molar-refractivity contribution >= 4 is 6.16 Å². The van der Waals surface area contributed by atoms with Crippen LogP contribution >= 0.6 is 0 Å². The molecule has 0 heterocycles. The zero-order chi connectivity index (χ0) is 10.9. The lowest BCUT2D eigenvalue weighted by molar-refractivity contribution is 0.100. The van der Waals surface area contributed by atoms with Crippen LogP contribution in [0.2, 0.25) is 0 Å². The normalized spacial score (nSPS) is 9.38. The van der Waals surface area contributed by atoms with Crippen LogP contribution in [0, 0.1) is 0 Å². The summed E-state index contributed by atoms with van der Waals surface area (Å²) in [5.41, 5.74) is 5.79. The molecule has 0 fully saturated rings. The third kappa shape index (κ3) is 10.6. The molecule has 76 valence electrons. The second-order valence-electron chi connectivity index (χ2n) is 1.91. The van der Waals surface area contributed by atoms with E-state index >= 15 is 0 Å². The summed E-state index contributed by atoms with van der Waals surface area (Å²) in [5, 5.41) is 0. The van der Waals surface area contributed by atoms with Gasteiger partial charge in [-0.05, 0) is 13.0 Å². The molecule has 0 aromatic rings. The molecule has 0 rings (SSSR count). The Morgan fingerprint density at radius 3 is 2.23 bits per heavy atom. The van der Waals surface area contributed by atoms with Crippen LogP contribution in [0.15, 0.2) is 24.1 Å². The van der Waals surface area contributed by atoms with Crippen molar-refractivity contribution in [2.75, 3.05) is 7.11 Å². The number of carbonyl (C=O) groups is 1. The van der Waals surface area contributed by atoms with Gasteiger partial charge in [-0.1, -0.05) is 20.4 Å². The largest absolute Gasteiger partial charge is 0.513 e. The monoisotopic (exact) mass is 187 g/mol. The van der Waals surface area contributed by atoms with Crippen LogP contribution in [-0.4, -0.2) is 13.3 Å². The molecular formula is C9H17NO3. The first-order valence-electron chi connectivity index (χ1n) is 3.94. The van der Waals surface area contributed by atoms with E-state index in [-0.39, 0.29) is 5.76 Å². The van der Waals surface area contributed by atoms with Gasteiger partial charge in [0.25, 0.3) is 0 Å². The molecule has 0 saturated carbocycles. The number of rotatable bonds is 2. The molecule has 4 heteroatoms. The minimum atomic E-state index is -0.799. The summed E-state index contributed by atoms with van der Waals surface area (Å²) in [4.78, 5) is 10.4. The van der Waals surface area contributed by atoms with Crippen LogP contribution in [0.5, 0.6) is 0 Å². The van der Waals surface area contributed by atoms with Crippen LogP contribution < -0.4 is 5.73 Å². The van der Waals surface area contributed by atoms with Crippen molar-refractivity contribution < 1.29 is 14.3 Å². The summed E-state index contributed by atoms with van der Waals surface area (Å²) in [5.74, 6) is 0.164. The maximum absolute atomic E-state index is 10.4. The van der Waals surface area contributed by atoms with Crippen molar-refractivity contribution in [2.45, 2.75) is 20.8 Å². The van der Waals surface area contributed by atoms with Crippen LogP contribution in [0.3, 0.4) is 0 Å². The van der Waals surface area contributed by atoms with E-state index in [0.29, 0.717) is 5.70 Å². The fourth-order valence-electron chi connectivity index (χ4n) is 0.432. The molecule has 2 N–H and O–H groups in total. The molecule has 0 aliphatic rings. The van der Waals surface area contributed by atoms with Gasteiger partial charge in [0, 0.05) is 5.70 Å². The zero-order valence-corrected chi connectivity index (χ0v) is 8.59. The lowest BCUT2D eigenvalue weighted by atomic mass is 10.4. The Balaban J connectivity index is 0. The topological polar surface area (TPSA) is 61.5 Å². The molecule has 0 saturated heterocycles. The van der Waals surface area contributed by atoms with Crippen molar-refractivity contribution in [2.24, 2.45) is 5.73 Å². The lowest BCUT2D eigenvalue weighted by Gasteiger charge is -2.00. The second kappa shape index (κ2) is 8.64. The maximum atomic E-state index is 10.4. The second-order valence-corrected chi connectivity index (χ2v) is 1.91. The first-order valence-corrected chi connectivity index (χ1v) is 3.94. The highest BCUT2D eigenvalue weighted by Gasteiger charge is 2.00. The van der Waals surface area contributed by atoms with Crippen molar-refractivity contribution in [3.8, 4) is 0 Å². The predicted molar refractivity (Wildman–Crippen MR) is 51.9 cm³/mol. The Kier molecular flexibility index (Phi) is 9.37. The molecule has 0 atom stereocenters. The van der Waals surface area contributed by atoms with Crippen LogP contribution in [-0.2, 0) is 9.47 Å². The number of nitrogens with two attached hydrogens (primary N) is 1. The Hall–Kier alpha value is -1.45. The van der Waals surface area contributed by atoms with E-state index in [0.717, 1.165) is 0 Å². The minimum absolute atomic E-state index is 0.164. The van der Waals surface area contributed by atoms with Gasteiger partial charge in [0.05, 0.1) is 7.11 Å². The number of ether oxygens (including phenoxy) is 2. The Morgan fingerprint density at radius 1 is 1.46 bits per heavy atom. The molecule has 0 amide bonds. The summed E-state index contributed by atoms with van der Waals surface area (Å²) in [6.45, 7) is 9.06. The van der Waals surface area contributed by atoms with Crippen molar-refractivity contribution in [1.29, 1.82) is 0 Å². The van der Waals surface area contributed by atoms with Gasteiger partial charge in [0.1, 0.15) is 5.76 Å². The maximum Gasteiger partial charge on any atom is 0.513 e. The van der Waals surface area contributed by atoms with Crippen molar-refractivity contribution in [3.63, 3.8) is 0 Å². The number of hydrogen-bond acceptors (Lipinski definition) is 4. The molecule has 0 bridgehead atoms. The van der Waals surface area contributed by atoms with Crippen LogP contribution in [0.1, 0.15) is 20.8 Å². The van der Waals surface area contributed by atoms with Crippen molar-refractivity contribution in [1.82, 2.24) is 0 Å². The third-order valence-corrected chi connectivity index (χ3v) is 0.770. The highest BCUT2D eigenvalue weighted by atomic mass is 16.7. The first kappa shape index (κ1) is 14.1. The molecule has 0 aromatic heterocycles. The van der Waals surface area contributed by atoms with Gasteiger partial charge >= 0.3 is 6.16 Å². The van der Waals surface area contributed by atoms with E-state index in [4.69, 9.17) is 5.73 Å². The Bertz CT molecular complexity index is 193. The zero-order valence-electron chi connectivity index (χ0n) is 8.59. The average Bonchev–Trinajstić information content (AvgIpc) is 2.06. The highest BCUT2D eigenvalue weighted by molar-refractivity contribution is 5.61. The summed E-state index contributed by atoms with van der Waals surface area (Å²) in [6, 6.07) is 0. The van der Waals surface area contributed by atoms with E-state index in [2.05, 4.69) is 16.1 Å². The van der Waals surface area contributed by atoms with E-state index in [1.54, 1.807) is 6.92 Å². The standard InChI is InChI=1S/C7H11NO3.C2H6/c1-5(8)4-6(2)11-7(9)10-3;1-2/h4H,2,8H2,1,3H3;1-2H3/b5-4+;.